The summed E-state index contributed by atoms with van der Waals surface area (Å²) in [6.07, 6.45) is 8.03. The summed E-state index contributed by atoms with van der Waals surface area (Å²) in [4.78, 5) is 28.1. The van der Waals surface area contributed by atoms with E-state index in [1.165, 1.54) is 11.1 Å². The lowest BCUT2D eigenvalue weighted by atomic mass is 9.58. The van der Waals surface area contributed by atoms with Crippen molar-refractivity contribution in [2.45, 2.75) is 91.3 Å². The van der Waals surface area contributed by atoms with Gasteiger partial charge in [-0.2, -0.15) is 13.1 Å². The van der Waals surface area contributed by atoms with Gasteiger partial charge in [-0.3, -0.25) is 4.85 Å². The number of nitrogens with one attached hydrogen (secondary N) is 1. The van der Waals surface area contributed by atoms with Crippen LogP contribution in [0.15, 0.2) is 59.2 Å². The largest absolute Gasteiger partial charge is 0.481 e. The van der Waals surface area contributed by atoms with Gasteiger partial charge < -0.3 is 24.2 Å². The SMILES string of the molecule is CC[N+](CC)(CC)S(=O)(=O)NC(=O)OC.[C-]#[N+]C12CC(C)=C[C@H](Cc3nc(OC)ccc31)/C2=C\C.[C-]#[N+]C12C[C@@H](C)[C@@H](O)[C@H](Cc3nc(OC)ccc31)/C2=C\C. The minimum atomic E-state index is -3.73. The van der Waals surface area contributed by atoms with E-state index in [0.29, 0.717) is 50.2 Å². The van der Waals surface area contributed by atoms with Gasteiger partial charge in [0.1, 0.15) is 0 Å². The molecule has 4 aliphatic carbocycles. The van der Waals surface area contributed by atoms with E-state index >= 15 is 0 Å². The molecule has 6 atom stereocenters. The maximum Gasteiger partial charge on any atom is 0.424 e. The molecule has 56 heavy (non-hydrogen) atoms. The third-order valence-electron chi connectivity index (χ3n) is 12.1. The first-order chi connectivity index (χ1) is 26.6. The maximum atomic E-state index is 11.9. The van der Waals surface area contributed by atoms with E-state index in [1.807, 2.05) is 55.8 Å². The normalized spacial score (nSPS) is 27.3. The number of hydrogen-bond donors (Lipinski definition) is 2. The molecule has 2 heterocycles. The Hall–Kier alpha value is -4.76. The number of rotatable bonds is 7. The molecule has 1 fully saturated rings. The summed E-state index contributed by atoms with van der Waals surface area (Å²) >= 11 is 0. The van der Waals surface area contributed by atoms with Crippen molar-refractivity contribution in [3.05, 3.63) is 105 Å². The molecule has 0 aromatic carbocycles. The summed E-state index contributed by atoms with van der Waals surface area (Å²) in [6, 6.07) is 7.70. The second-order valence-corrected chi connectivity index (χ2v) is 16.6. The number of amides is 1. The number of aliphatic hydroxyl groups excluding tert-OH is 1. The molecular formula is C42H57N6O7S+. The average Bonchev–Trinajstić information content (AvgIpc) is 3.19. The minimum Gasteiger partial charge on any atom is -0.481 e. The van der Waals surface area contributed by atoms with Crippen molar-refractivity contribution in [3.8, 4) is 11.8 Å². The Kier molecular flexibility index (Phi) is 13.8. The summed E-state index contributed by atoms with van der Waals surface area (Å²) in [7, 11) is 0.620. The van der Waals surface area contributed by atoms with Crippen molar-refractivity contribution in [3.63, 3.8) is 0 Å². The Morgan fingerprint density at radius 1 is 0.929 bits per heavy atom. The molecule has 302 valence electrons. The van der Waals surface area contributed by atoms with Crippen molar-refractivity contribution >= 4 is 16.3 Å². The lowest BCUT2D eigenvalue weighted by Gasteiger charge is -2.45. The van der Waals surface area contributed by atoms with Gasteiger partial charge in [-0.05, 0) is 66.0 Å². The molecule has 2 N–H and O–H groups in total. The predicted molar refractivity (Wildman–Crippen MR) is 215 cm³/mol. The van der Waals surface area contributed by atoms with Crippen LogP contribution < -0.4 is 14.2 Å². The van der Waals surface area contributed by atoms with Crippen LogP contribution in [0.1, 0.15) is 83.8 Å². The fourth-order valence-corrected chi connectivity index (χ4v) is 10.7. The van der Waals surface area contributed by atoms with E-state index in [2.05, 4.69) is 43.5 Å². The van der Waals surface area contributed by atoms with E-state index in [1.54, 1.807) is 35.0 Å². The monoisotopic (exact) mass is 789 g/mol. The summed E-state index contributed by atoms with van der Waals surface area (Å²) in [5.74, 6) is 1.60. The highest BCUT2D eigenvalue weighted by Gasteiger charge is 2.58. The van der Waals surface area contributed by atoms with Crippen molar-refractivity contribution in [2.75, 3.05) is 41.0 Å². The van der Waals surface area contributed by atoms with Crippen molar-refractivity contribution < 1.29 is 36.4 Å². The highest BCUT2D eigenvalue weighted by molar-refractivity contribution is 7.84. The Morgan fingerprint density at radius 3 is 1.91 bits per heavy atom. The number of pyridine rings is 2. The number of aromatic nitrogens is 2. The van der Waals surface area contributed by atoms with Gasteiger partial charge in [0, 0.05) is 48.0 Å². The van der Waals surface area contributed by atoms with Gasteiger partial charge in [-0.25, -0.2) is 31.8 Å². The molecule has 13 nitrogen and oxygen atoms in total. The van der Waals surface area contributed by atoms with E-state index in [9.17, 15) is 18.3 Å². The van der Waals surface area contributed by atoms with Crippen molar-refractivity contribution in [2.24, 2.45) is 17.8 Å². The van der Waals surface area contributed by atoms with Crippen LogP contribution in [0.25, 0.3) is 9.69 Å². The first-order valence-corrected chi connectivity index (χ1v) is 20.6. The minimum absolute atomic E-state index is 0.0139. The summed E-state index contributed by atoms with van der Waals surface area (Å²) in [6.45, 7) is 30.3. The Bertz CT molecular complexity index is 2070. The predicted octanol–water partition coefficient (Wildman–Crippen LogP) is 6.86. The molecule has 0 radical (unpaired) electrons. The van der Waals surface area contributed by atoms with Gasteiger partial charge in [0.25, 0.3) is 11.1 Å². The Balaban J connectivity index is 0.000000190. The first kappa shape index (κ1) is 44.0. The first-order valence-electron chi connectivity index (χ1n) is 19.1. The summed E-state index contributed by atoms with van der Waals surface area (Å²) in [5, 5.41) is 10.5. The summed E-state index contributed by atoms with van der Waals surface area (Å²) in [5.41, 5.74) is 6.34. The molecule has 2 aromatic rings. The number of methoxy groups -OCH3 is 3. The van der Waals surface area contributed by atoms with Crippen LogP contribution in [-0.2, 0) is 38.9 Å². The molecule has 14 heteroatoms. The van der Waals surface area contributed by atoms with Crippen LogP contribution in [0.3, 0.4) is 0 Å². The molecule has 1 amide bonds. The van der Waals surface area contributed by atoms with E-state index < -0.39 is 33.5 Å². The number of quaternary nitrogens is 1. The number of aliphatic hydroxyl groups is 1. The van der Waals surface area contributed by atoms with Crippen LogP contribution >= 0.6 is 0 Å². The van der Waals surface area contributed by atoms with Gasteiger partial charge >= 0.3 is 16.3 Å². The van der Waals surface area contributed by atoms with Gasteiger partial charge in [0.05, 0.1) is 76.0 Å². The number of carbonyl (C=O) groups excluding carboxylic acids is 1. The number of fused-ring (bicyclic) bond motifs is 8. The smallest absolute Gasteiger partial charge is 0.424 e. The molecule has 6 rings (SSSR count). The molecule has 2 aromatic heterocycles. The topological polar surface area (TPSA) is 146 Å². The zero-order valence-electron chi connectivity index (χ0n) is 34.3. The second kappa shape index (κ2) is 17.6. The number of nitrogens with zero attached hydrogens (tertiary/aromatic N) is 5. The molecule has 2 unspecified atom stereocenters. The molecule has 1 saturated carbocycles. The average molecular weight is 790 g/mol. The fraction of sp³-hybridized carbons (Fsp3) is 0.548. The van der Waals surface area contributed by atoms with E-state index in [4.69, 9.17) is 22.6 Å². The number of hydrogen-bond acceptors (Lipinski definition) is 9. The highest BCUT2D eigenvalue weighted by atomic mass is 32.2. The van der Waals surface area contributed by atoms with Crippen molar-refractivity contribution in [1.29, 1.82) is 0 Å². The van der Waals surface area contributed by atoms with Gasteiger partial charge in [-0.15, -0.1) is 0 Å². The van der Waals surface area contributed by atoms with E-state index in [-0.39, 0.29) is 15.7 Å². The zero-order valence-corrected chi connectivity index (χ0v) is 35.2. The molecule has 0 aliphatic heterocycles. The molecule has 0 spiro atoms. The van der Waals surface area contributed by atoms with Crippen LogP contribution in [-0.4, -0.2) is 80.5 Å². The molecular weight excluding hydrogens is 733 g/mol. The van der Waals surface area contributed by atoms with Crippen LogP contribution in [0.2, 0.25) is 0 Å². The number of allylic oxidation sites excluding steroid dienone is 3. The van der Waals surface area contributed by atoms with Crippen LogP contribution in [0, 0.1) is 30.9 Å². The van der Waals surface area contributed by atoms with E-state index in [0.717, 1.165) is 48.0 Å². The number of ether oxygens (including phenoxy) is 3. The zero-order chi connectivity index (χ0) is 41.6. The van der Waals surface area contributed by atoms with Crippen LogP contribution in [0.4, 0.5) is 4.79 Å². The van der Waals surface area contributed by atoms with Gasteiger partial charge in [0.2, 0.25) is 11.8 Å². The second-order valence-electron chi connectivity index (χ2n) is 14.7. The fourth-order valence-electron chi connectivity index (χ4n) is 9.15. The Morgan fingerprint density at radius 2 is 1.45 bits per heavy atom. The lowest BCUT2D eigenvalue weighted by Crippen LogP contribution is -2.58. The molecule has 4 aliphatic rings. The third kappa shape index (κ3) is 7.67. The van der Waals surface area contributed by atoms with Gasteiger partial charge in [0.15, 0.2) is 0 Å². The van der Waals surface area contributed by atoms with Crippen molar-refractivity contribution in [1.82, 2.24) is 14.7 Å². The maximum absolute atomic E-state index is 11.9. The standard InChI is InChI=1S/C17H20N2O2.C17H18N2O.C8H18N2O4S/c1-5-12-11-8-14-13(6-7-15(19-14)21-4)17(12,18-3)9-10(2)16(11)20;1-5-13-12-8-11(2)10-17(13,18-3)14-6-7-16(20-4)19-15(14)9-12;1-5-10(6-2,7-3)15(12,13)9-8(11)14-4/h5-7,10-11,16,20H,8-9H2,1-2,4H3;5-8,12H,9-10H2,1-2,4H3;5-7H2,1-4H3/p+1/b12-5+;13-5+;/t10-,11-,16-,17?;12-,17?;/m11./s1. The van der Waals surface area contributed by atoms with Gasteiger partial charge in [-0.1, -0.05) is 30.7 Å². The third-order valence-corrected chi connectivity index (χ3v) is 14.3. The molecule has 0 saturated heterocycles. The number of carbonyl (C=O) groups is 1. The Labute approximate surface area is 332 Å². The molecule has 4 bridgehead atoms. The highest BCUT2D eigenvalue weighted by Crippen LogP contribution is 2.55. The quantitative estimate of drug-likeness (QED) is 0.175. The lowest BCUT2D eigenvalue weighted by molar-refractivity contribution is -0.801. The van der Waals surface area contributed by atoms with Crippen LogP contribution in [0.5, 0.6) is 11.8 Å². The summed E-state index contributed by atoms with van der Waals surface area (Å²) < 4.78 is 40.2.